The van der Waals surface area contributed by atoms with E-state index in [1.165, 1.54) is 16.7 Å². The molecule has 1 atom stereocenters. The molecule has 0 radical (unpaired) electrons. The summed E-state index contributed by atoms with van der Waals surface area (Å²) in [4.78, 5) is 0. The largest absolute Gasteiger partial charge is 0.375 e. The zero-order valence-electron chi connectivity index (χ0n) is 9.55. The smallest absolute Gasteiger partial charge is 0.0740 e. The molecule has 1 aliphatic rings. The molecule has 0 aliphatic carbocycles. The number of benzene rings is 1. The number of rotatable bonds is 2. The van der Waals surface area contributed by atoms with Crippen molar-refractivity contribution >= 4 is 0 Å². The Hall–Kier alpha value is -0.860. The highest BCUT2D eigenvalue weighted by Gasteiger charge is 2.14. The van der Waals surface area contributed by atoms with Gasteiger partial charge in [-0.15, -0.1) is 0 Å². The molecule has 0 bridgehead atoms. The summed E-state index contributed by atoms with van der Waals surface area (Å²) in [5, 5.41) is 3.36. The van der Waals surface area contributed by atoms with Crippen LogP contribution in [-0.2, 0) is 11.2 Å². The van der Waals surface area contributed by atoms with Gasteiger partial charge < -0.3 is 10.1 Å². The van der Waals surface area contributed by atoms with E-state index < -0.39 is 0 Å². The minimum absolute atomic E-state index is 0.347. The molecule has 1 fully saturated rings. The number of hydrogen-bond acceptors (Lipinski definition) is 2. The van der Waals surface area contributed by atoms with Crippen molar-refractivity contribution in [3.8, 4) is 0 Å². The first-order valence-corrected chi connectivity index (χ1v) is 5.64. The van der Waals surface area contributed by atoms with Crippen LogP contribution in [0.3, 0.4) is 0 Å². The first-order chi connectivity index (χ1) is 7.25. The zero-order chi connectivity index (χ0) is 10.7. The van der Waals surface area contributed by atoms with Crippen molar-refractivity contribution < 1.29 is 4.74 Å². The van der Waals surface area contributed by atoms with Gasteiger partial charge in [-0.05, 0) is 25.0 Å². The van der Waals surface area contributed by atoms with Crippen molar-refractivity contribution in [2.24, 2.45) is 0 Å². The maximum Gasteiger partial charge on any atom is 0.0740 e. The monoisotopic (exact) mass is 205 g/mol. The van der Waals surface area contributed by atoms with E-state index in [1.807, 2.05) is 0 Å². The molecule has 2 nitrogen and oxygen atoms in total. The van der Waals surface area contributed by atoms with Gasteiger partial charge in [0.1, 0.15) is 0 Å². The fourth-order valence-electron chi connectivity index (χ4n) is 2.02. The fraction of sp³-hybridized carbons (Fsp3) is 0.538. The van der Waals surface area contributed by atoms with Gasteiger partial charge in [0.15, 0.2) is 0 Å². The number of nitrogens with one attached hydrogen (secondary N) is 1. The topological polar surface area (TPSA) is 21.3 Å². The van der Waals surface area contributed by atoms with Gasteiger partial charge in [-0.1, -0.05) is 23.8 Å². The summed E-state index contributed by atoms with van der Waals surface area (Å²) in [6.07, 6.45) is 1.37. The lowest BCUT2D eigenvalue weighted by Crippen LogP contribution is -2.39. The summed E-state index contributed by atoms with van der Waals surface area (Å²) in [7, 11) is 0. The van der Waals surface area contributed by atoms with E-state index in [-0.39, 0.29) is 0 Å². The molecule has 0 aromatic heterocycles. The third-order valence-electron chi connectivity index (χ3n) is 2.96. The molecule has 2 heteroatoms. The van der Waals surface area contributed by atoms with Gasteiger partial charge in [-0.2, -0.15) is 0 Å². The van der Waals surface area contributed by atoms with E-state index in [2.05, 4.69) is 37.4 Å². The third kappa shape index (κ3) is 2.80. The number of hydrogen-bond donors (Lipinski definition) is 1. The average Bonchev–Trinajstić information content (AvgIpc) is 2.25. The van der Waals surface area contributed by atoms with E-state index in [0.29, 0.717) is 6.10 Å². The minimum atomic E-state index is 0.347. The van der Waals surface area contributed by atoms with Crippen molar-refractivity contribution in [3.63, 3.8) is 0 Å². The Morgan fingerprint density at radius 1 is 1.40 bits per heavy atom. The van der Waals surface area contributed by atoms with E-state index in [4.69, 9.17) is 4.74 Å². The van der Waals surface area contributed by atoms with Crippen molar-refractivity contribution in [1.29, 1.82) is 0 Å². The van der Waals surface area contributed by atoms with Crippen LogP contribution < -0.4 is 5.32 Å². The molecule has 1 heterocycles. The third-order valence-corrected chi connectivity index (χ3v) is 2.96. The summed E-state index contributed by atoms with van der Waals surface area (Å²) >= 11 is 0. The predicted octanol–water partition coefficient (Wildman–Crippen LogP) is 1.83. The standard InChI is InChI=1S/C13H19NO/c1-10-3-4-11(2)12(7-10)8-13-9-14-5-6-15-13/h3-4,7,13-14H,5-6,8-9H2,1-2H3. The minimum Gasteiger partial charge on any atom is -0.375 e. The van der Waals surface area contributed by atoms with Crippen LogP contribution in [0.15, 0.2) is 18.2 Å². The molecule has 1 unspecified atom stereocenters. The van der Waals surface area contributed by atoms with E-state index >= 15 is 0 Å². The van der Waals surface area contributed by atoms with Crippen LogP contribution in [-0.4, -0.2) is 25.8 Å². The quantitative estimate of drug-likeness (QED) is 0.795. The van der Waals surface area contributed by atoms with Gasteiger partial charge >= 0.3 is 0 Å². The van der Waals surface area contributed by atoms with E-state index in [0.717, 1.165) is 26.1 Å². The highest BCUT2D eigenvalue weighted by molar-refractivity contribution is 5.31. The van der Waals surface area contributed by atoms with Gasteiger partial charge in [0.05, 0.1) is 12.7 Å². The second-order valence-corrected chi connectivity index (χ2v) is 4.33. The Morgan fingerprint density at radius 2 is 2.27 bits per heavy atom. The van der Waals surface area contributed by atoms with Crippen molar-refractivity contribution in [3.05, 3.63) is 34.9 Å². The van der Waals surface area contributed by atoms with Crippen LogP contribution in [0.25, 0.3) is 0 Å². The van der Waals surface area contributed by atoms with E-state index in [9.17, 15) is 0 Å². The molecule has 0 saturated carbocycles. The summed E-state index contributed by atoms with van der Waals surface area (Å²) < 4.78 is 5.71. The summed E-state index contributed by atoms with van der Waals surface area (Å²) in [6, 6.07) is 6.63. The summed E-state index contributed by atoms with van der Waals surface area (Å²) in [5.74, 6) is 0. The maximum absolute atomic E-state index is 5.71. The van der Waals surface area contributed by atoms with Crippen molar-refractivity contribution in [2.45, 2.75) is 26.4 Å². The Morgan fingerprint density at radius 3 is 3.00 bits per heavy atom. The molecule has 1 N–H and O–H groups in total. The molecule has 15 heavy (non-hydrogen) atoms. The van der Waals surface area contributed by atoms with Gasteiger partial charge in [0.25, 0.3) is 0 Å². The molecule has 0 amide bonds. The molecule has 1 aromatic rings. The molecule has 82 valence electrons. The van der Waals surface area contributed by atoms with Gasteiger partial charge in [-0.25, -0.2) is 0 Å². The molecule has 1 aliphatic heterocycles. The second kappa shape index (κ2) is 4.77. The van der Waals surface area contributed by atoms with Crippen LogP contribution >= 0.6 is 0 Å². The maximum atomic E-state index is 5.71. The van der Waals surface area contributed by atoms with Gasteiger partial charge in [0, 0.05) is 19.5 Å². The van der Waals surface area contributed by atoms with Crippen LogP contribution in [0.2, 0.25) is 0 Å². The summed E-state index contributed by atoms with van der Waals surface area (Å²) in [6.45, 7) is 7.13. The SMILES string of the molecule is Cc1ccc(C)c(CC2CNCCO2)c1. The fourth-order valence-corrected chi connectivity index (χ4v) is 2.02. The van der Waals surface area contributed by atoms with Crippen LogP contribution in [0.4, 0.5) is 0 Å². The highest BCUT2D eigenvalue weighted by atomic mass is 16.5. The molecular weight excluding hydrogens is 186 g/mol. The predicted molar refractivity (Wildman–Crippen MR) is 62.2 cm³/mol. The lowest BCUT2D eigenvalue weighted by molar-refractivity contribution is 0.0291. The first kappa shape index (κ1) is 10.7. The second-order valence-electron chi connectivity index (χ2n) is 4.33. The number of morpholine rings is 1. The molecular formula is C13H19NO. The van der Waals surface area contributed by atoms with Gasteiger partial charge in [-0.3, -0.25) is 0 Å². The van der Waals surface area contributed by atoms with Crippen molar-refractivity contribution in [2.75, 3.05) is 19.7 Å². The lowest BCUT2D eigenvalue weighted by atomic mass is 10.00. The Balaban J connectivity index is 2.05. The zero-order valence-corrected chi connectivity index (χ0v) is 9.55. The first-order valence-electron chi connectivity index (χ1n) is 5.64. The molecule has 0 spiro atoms. The normalized spacial score (nSPS) is 21.6. The molecule has 2 rings (SSSR count). The Labute approximate surface area is 91.6 Å². The van der Waals surface area contributed by atoms with Crippen LogP contribution in [0.5, 0.6) is 0 Å². The van der Waals surface area contributed by atoms with Gasteiger partial charge in [0.2, 0.25) is 0 Å². The van der Waals surface area contributed by atoms with Crippen LogP contribution in [0, 0.1) is 13.8 Å². The van der Waals surface area contributed by atoms with Crippen molar-refractivity contribution in [1.82, 2.24) is 5.32 Å². The van der Waals surface area contributed by atoms with E-state index in [1.54, 1.807) is 0 Å². The molecule has 1 saturated heterocycles. The number of ether oxygens (including phenoxy) is 1. The van der Waals surface area contributed by atoms with Crippen LogP contribution in [0.1, 0.15) is 16.7 Å². The summed E-state index contributed by atoms with van der Waals surface area (Å²) in [5.41, 5.74) is 4.12. The average molecular weight is 205 g/mol. The Bertz CT molecular complexity index is 329. The lowest BCUT2D eigenvalue weighted by Gasteiger charge is -2.24. The Kier molecular flexibility index (Phi) is 3.39. The molecule has 1 aromatic carbocycles. The highest BCUT2D eigenvalue weighted by Crippen LogP contribution is 2.14. The number of aryl methyl sites for hydroxylation is 2.